The first-order chi connectivity index (χ1) is 19.1. The zero-order valence-electron chi connectivity index (χ0n) is 22.7. The van der Waals surface area contributed by atoms with Gasteiger partial charge >= 0.3 is 0 Å². The number of hydrogen-bond acceptors (Lipinski definition) is 3. The number of hydrogen-bond donors (Lipinski definition) is 1. The van der Waals surface area contributed by atoms with E-state index in [0.717, 1.165) is 46.7 Å². The lowest BCUT2D eigenvalue weighted by molar-refractivity contribution is -0.120. The van der Waals surface area contributed by atoms with Crippen molar-refractivity contribution in [2.75, 3.05) is 13.2 Å². The first-order valence-corrected chi connectivity index (χ1v) is 13.6. The van der Waals surface area contributed by atoms with Gasteiger partial charge in [0.15, 0.2) is 0 Å². The van der Waals surface area contributed by atoms with Crippen LogP contribution >= 0.6 is 0 Å². The summed E-state index contributed by atoms with van der Waals surface area (Å²) in [5.41, 5.74) is 7.93. The Morgan fingerprint density at radius 1 is 0.846 bits per heavy atom. The molecule has 1 amide bonds. The number of para-hydroxylation sites is 2. The van der Waals surface area contributed by atoms with Crippen molar-refractivity contribution in [3.8, 4) is 16.9 Å². The molecule has 0 fully saturated rings. The largest absolute Gasteiger partial charge is 0.494 e. The molecule has 5 heteroatoms. The van der Waals surface area contributed by atoms with E-state index < -0.39 is 0 Å². The van der Waals surface area contributed by atoms with Crippen LogP contribution in [0.1, 0.15) is 28.9 Å². The summed E-state index contributed by atoms with van der Waals surface area (Å²) in [5.74, 6) is 1.91. The summed E-state index contributed by atoms with van der Waals surface area (Å²) in [7, 11) is 0. The number of aromatic nitrogens is 2. The maximum absolute atomic E-state index is 12.7. The minimum Gasteiger partial charge on any atom is -0.494 e. The topological polar surface area (TPSA) is 56.1 Å². The van der Waals surface area contributed by atoms with Crippen LogP contribution in [0.3, 0.4) is 0 Å². The predicted octanol–water partition coefficient (Wildman–Crippen LogP) is 6.69. The summed E-state index contributed by atoms with van der Waals surface area (Å²) >= 11 is 0. The molecule has 4 aromatic carbocycles. The van der Waals surface area contributed by atoms with Gasteiger partial charge in [-0.2, -0.15) is 0 Å². The zero-order valence-corrected chi connectivity index (χ0v) is 22.7. The summed E-state index contributed by atoms with van der Waals surface area (Å²) < 4.78 is 8.26. The van der Waals surface area contributed by atoms with Crippen molar-refractivity contribution in [2.45, 2.75) is 39.7 Å². The van der Waals surface area contributed by atoms with E-state index in [0.29, 0.717) is 26.0 Å². The second kappa shape index (κ2) is 12.4. The molecule has 0 aliphatic heterocycles. The second-order valence-electron chi connectivity index (χ2n) is 9.96. The molecular formula is C34H35N3O2. The first-order valence-electron chi connectivity index (χ1n) is 13.6. The third kappa shape index (κ3) is 6.74. The number of carbonyl (C=O) groups is 1. The van der Waals surface area contributed by atoms with E-state index in [1.54, 1.807) is 0 Å². The van der Waals surface area contributed by atoms with E-state index in [2.05, 4.69) is 66.2 Å². The summed E-state index contributed by atoms with van der Waals surface area (Å²) in [6.45, 7) is 6.20. The first kappa shape index (κ1) is 26.2. The van der Waals surface area contributed by atoms with E-state index in [1.165, 1.54) is 16.7 Å². The van der Waals surface area contributed by atoms with Crippen molar-refractivity contribution in [1.82, 2.24) is 14.9 Å². The molecule has 0 saturated carbocycles. The van der Waals surface area contributed by atoms with Crippen molar-refractivity contribution in [2.24, 2.45) is 0 Å². The minimum atomic E-state index is 0.0203. The highest BCUT2D eigenvalue weighted by atomic mass is 16.5. The van der Waals surface area contributed by atoms with Gasteiger partial charge in [-0.25, -0.2) is 4.98 Å². The van der Waals surface area contributed by atoms with E-state index >= 15 is 0 Å². The lowest BCUT2D eigenvalue weighted by Crippen LogP contribution is -2.28. The molecule has 5 rings (SSSR count). The van der Waals surface area contributed by atoms with Crippen LogP contribution in [0.25, 0.3) is 22.2 Å². The molecule has 0 bridgehead atoms. The molecule has 5 aromatic rings. The summed E-state index contributed by atoms with van der Waals surface area (Å²) in [4.78, 5) is 17.5. The summed E-state index contributed by atoms with van der Waals surface area (Å²) in [5, 5.41) is 3.08. The number of ether oxygens (including phenoxy) is 1. The van der Waals surface area contributed by atoms with Gasteiger partial charge in [-0.1, -0.05) is 72.8 Å². The number of amides is 1. The highest BCUT2D eigenvalue weighted by molar-refractivity contribution is 5.79. The highest BCUT2D eigenvalue weighted by Crippen LogP contribution is 2.20. The number of nitrogens with one attached hydrogen (secondary N) is 1. The number of fused-ring (bicyclic) bond motifs is 1. The number of benzene rings is 4. The van der Waals surface area contributed by atoms with Crippen molar-refractivity contribution < 1.29 is 9.53 Å². The number of nitrogens with zero attached hydrogens (tertiary/aromatic N) is 2. The Morgan fingerprint density at radius 2 is 1.59 bits per heavy atom. The average molecular weight is 518 g/mol. The maximum atomic E-state index is 12.7. The molecule has 0 saturated heterocycles. The fourth-order valence-corrected chi connectivity index (χ4v) is 4.79. The standard InChI is InChI=1S/C34H35N3O2/c1-25-13-18-30(23-26(25)2)39-22-8-21-37-32-12-7-6-11-31(32)36-33(37)19-20-35-34(38)24-27-14-16-29(17-15-27)28-9-4-3-5-10-28/h3-7,9-18,23H,8,19-22,24H2,1-2H3,(H,35,38). The number of carbonyl (C=O) groups excluding carboxylic acids is 1. The quantitative estimate of drug-likeness (QED) is 0.199. The maximum Gasteiger partial charge on any atom is 0.224 e. The van der Waals surface area contributed by atoms with Crippen molar-refractivity contribution in [1.29, 1.82) is 0 Å². The van der Waals surface area contributed by atoms with E-state index in [-0.39, 0.29) is 5.91 Å². The van der Waals surface area contributed by atoms with Gasteiger partial charge in [0, 0.05) is 19.5 Å². The van der Waals surface area contributed by atoms with Crippen LogP contribution in [-0.4, -0.2) is 28.6 Å². The monoisotopic (exact) mass is 517 g/mol. The van der Waals surface area contributed by atoms with Gasteiger partial charge in [0.05, 0.1) is 24.1 Å². The third-order valence-corrected chi connectivity index (χ3v) is 7.10. The van der Waals surface area contributed by atoms with Crippen molar-refractivity contribution >= 4 is 16.9 Å². The van der Waals surface area contributed by atoms with Crippen molar-refractivity contribution in [3.63, 3.8) is 0 Å². The van der Waals surface area contributed by atoms with E-state index in [1.807, 2.05) is 54.6 Å². The van der Waals surface area contributed by atoms with Crippen LogP contribution in [0.5, 0.6) is 5.75 Å². The van der Waals surface area contributed by atoms with Gasteiger partial charge in [0.1, 0.15) is 11.6 Å². The Bertz CT molecular complexity index is 1540. The Balaban J connectivity index is 1.14. The Morgan fingerprint density at radius 3 is 2.38 bits per heavy atom. The second-order valence-corrected chi connectivity index (χ2v) is 9.96. The predicted molar refractivity (Wildman–Crippen MR) is 158 cm³/mol. The zero-order chi connectivity index (χ0) is 27.0. The molecule has 5 nitrogen and oxygen atoms in total. The average Bonchev–Trinajstić information content (AvgIpc) is 3.31. The van der Waals surface area contributed by atoms with Gasteiger partial charge in [-0.3, -0.25) is 4.79 Å². The van der Waals surface area contributed by atoms with Gasteiger partial charge in [-0.05, 0) is 72.4 Å². The molecule has 39 heavy (non-hydrogen) atoms. The lowest BCUT2D eigenvalue weighted by Gasteiger charge is -2.12. The van der Waals surface area contributed by atoms with Crippen LogP contribution in [0.4, 0.5) is 0 Å². The summed E-state index contributed by atoms with van der Waals surface area (Å²) in [6, 6.07) is 32.9. The molecule has 0 aliphatic rings. The summed E-state index contributed by atoms with van der Waals surface area (Å²) in [6.07, 6.45) is 1.90. The molecule has 0 aliphatic carbocycles. The van der Waals surface area contributed by atoms with Crippen LogP contribution in [-0.2, 0) is 24.2 Å². The van der Waals surface area contributed by atoms with Gasteiger partial charge in [0.2, 0.25) is 5.91 Å². The molecule has 0 radical (unpaired) electrons. The Kier molecular flexibility index (Phi) is 8.37. The minimum absolute atomic E-state index is 0.0203. The number of aryl methyl sites for hydroxylation is 3. The molecule has 1 aromatic heterocycles. The molecular weight excluding hydrogens is 482 g/mol. The molecule has 0 atom stereocenters. The van der Waals surface area contributed by atoms with E-state index in [4.69, 9.17) is 9.72 Å². The highest BCUT2D eigenvalue weighted by Gasteiger charge is 2.11. The van der Waals surface area contributed by atoms with Crippen molar-refractivity contribution in [3.05, 3.63) is 120 Å². The van der Waals surface area contributed by atoms with Crippen LogP contribution in [0.15, 0.2) is 97.1 Å². The van der Waals surface area contributed by atoms with Gasteiger partial charge in [0.25, 0.3) is 0 Å². The Labute approximate surface area is 230 Å². The SMILES string of the molecule is Cc1ccc(OCCCn2c(CCNC(=O)Cc3ccc(-c4ccccc4)cc3)nc3ccccc32)cc1C. The molecule has 1 N–H and O–H groups in total. The fourth-order valence-electron chi connectivity index (χ4n) is 4.79. The van der Waals surface area contributed by atoms with Gasteiger partial charge < -0.3 is 14.6 Å². The fraction of sp³-hybridized carbons (Fsp3) is 0.235. The van der Waals surface area contributed by atoms with E-state index in [9.17, 15) is 4.79 Å². The Hall–Kier alpha value is -4.38. The van der Waals surface area contributed by atoms with Crippen LogP contribution in [0.2, 0.25) is 0 Å². The number of imidazole rings is 1. The normalized spacial score (nSPS) is 11.0. The smallest absolute Gasteiger partial charge is 0.224 e. The van der Waals surface area contributed by atoms with Crippen LogP contribution in [0, 0.1) is 13.8 Å². The molecule has 0 unspecified atom stereocenters. The molecule has 1 heterocycles. The van der Waals surface area contributed by atoms with Gasteiger partial charge in [-0.15, -0.1) is 0 Å². The third-order valence-electron chi connectivity index (χ3n) is 7.10. The number of rotatable bonds is 11. The molecule has 0 spiro atoms. The lowest BCUT2D eigenvalue weighted by atomic mass is 10.0. The van der Waals surface area contributed by atoms with Crippen LogP contribution < -0.4 is 10.1 Å². The molecule has 198 valence electrons.